The van der Waals surface area contributed by atoms with Gasteiger partial charge in [-0.3, -0.25) is 4.31 Å². The van der Waals surface area contributed by atoms with Gasteiger partial charge in [-0.1, -0.05) is 29.8 Å². The SMILES string of the molecule is Cc1ccc(-c2c(C)c3c(c(C)c2[C@H](OC(C)(C)C)C(=O)O)N(S(C)(=O)=O)Cc2oc(C)nc2-3)cc1. The number of fused-ring (bicyclic) bond motifs is 3. The average molecular weight is 513 g/mol. The number of aromatic nitrogens is 1. The molecule has 0 saturated heterocycles. The van der Waals surface area contributed by atoms with Gasteiger partial charge in [0.15, 0.2) is 17.8 Å². The van der Waals surface area contributed by atoms with Crippen LogP contribution in [0.25, 0.3) is 22.4 Å². The van der Waals surface area contributed by atoms with Crippen LogP contribution in [0.1, 0.15) is 60.8 Å². The molecular weight excluding hydrogens is 480 g/mol. The molecular formula is C27H32N2O6S. The summed E-state index contributed by atoms with van der Waals surface area (Å²) in [4.78, 5) is 17.2. The molecule has 1 N–H and O–H groups in total. The minimum absolute atomic E-state index is 0.0243. The summed E-state index contributed by atoms with van der Waals surface area (Å²) in [6.07, 6.45) is -0.194. The highest BCUT2D eigenvalue weighted by molar-refractivity contribution is 7.92. The molecule has 1 aromatic heterocycles. The zero-order valence-electron chi connectivity index (χ0n) is 21.9. The number of ether oxygens (including phenoxy) is 1. The molecule has 0 saturated carbocycles. The highest BCUT2D eigenvalue weighted by Gasteiger charge is 2.40. The van der Waals surface area contributed by atoms with E-state index < -0.39 is 27.7 Å². The number of carboxylic acid groups (broad SMARTS) is 1. The summed E-state index contributed by atoms with van der Waals surface area (Å²) in [5.74, 6) is -0.268. The van der Waals surface area contributed by atoms with Gasteiger partial charge in [0.1, 0.15) is 5.69 Å². The number of carbonyl (C=O) groups is 1. The van der Waals surface area contributed by atoms with Crippen molar-refractivity contribution in [3.05, 3.63) is 58.2 Å². The van der Waals surface area contributed by atoms with Crippen molar-refractivity contribution in [3.63, 3.8) is 0 Å². The number of benzene rings is 2. The first kappa shape index (κ1) is 25.9. The minimum atomic E-state index is -3.74. The fourth-order valence-corrected chi connectivity index (χ4v) is 5.79. The second-order valence-electron chi connectivity index (χ2n) is 10.4. The van der Waals surface area contributed by atoms with E-state index in [1.54, 1.807) is 34.6 Å². The monoisotopic (exact) mass is 512 g/mol. The van der Waals surface area contributed by atoms with Crippen LogP contribution in [0.3, 0.4) is 0 Å². The van der Waals surface area contributed by atoms with Crippen molar-refractivity contribution in [2.24, 2.45) is 0 Å². The fourth-order valence-electron chi connectivity index (χ4n) is 4.88. The Hall–Kier alpha value is -3.17. The number of hydrogen-bond donors (Lipinski definition) is 1. The third kappa shape index (κ3) is 4.53. The molecule has 0 bridgehead atoms. The first-order valence-corrected chi connectivity index (χ1v) is 13.5. The van der Waals surface area contributed by atoms with E-state index in [1.165, 1.54) is 4.31 Å². The second kappa shape index (κ2) is 8.74. The van der Waals surface area contributed by atoms with Crippen LogP contribution in [0.5, 0.6) is 0 Å². The van der Waals surface area contributed by atoms with Gasteiger partial charge in [-0.2, -0.15) is 0 Å². The molecule has 9 heteroatoms. The van der Waals surface area contributed by atoms with E-state index in [0.29, 0.717) is 50.8 Å². The number of aryl methyl sites for hydroxylation is 2. The summed E-state index contributed by atoms with van der Waals surface area (Å²) in [6, 6.07) is 7.80. The summed E-state index contributed by atoms with van der Waals surface area (Å²) in [7, 11) is -3.74. The number of anilines is 1. The molecule has 1 atom stereocenters. The van der Waals surface area contributed by atoms with Crippen LogP contribution < -0.4 is 4.31 Å². The van der Waals surface area contributed by atoms with Gasteiger partial charge in [-0.15, -0.1) is 0 Å². The van der Waals surface area contributed by atoms with Gasteiger partial charge in [0.25, 0.3) is 0 Å². The van der Waals surface area contributed by atoms with E-state index in [2.05, 4.69) is 4.98 Å². The molecule has 36 heavy (non-hydrogen) atoms. The van der Waals surface area contributed by atoms with Crippen LogP contribution in [0.2, 0.25) is 0 Å². The quantitative estimate of drug-likeness (QED) is 0.483. The summed E-state index contributed by atoms with van der Waals surface area (Å²) in [5, 5.41) is 10.3. The van der Waals surface area contributed by atoms with Crippen molar-refractivity contribution in [3.8, 4) is 22.4 Å². The predicted octanol–water partition coefficient (Wildman–Crippen LogP) is 5.46. The van der Waals surface area contributed by atoms with Gasteiger partial charge >= 0.3 is 5.97 Å². The van der Waals surface area contributed by atoms with Crippen molar-refractivity contribution in [2.75, 3.05) is 10.6 Å². The molecule has 3 aromatic rings. The Morgan fingerprint density at radius 3 is 2.22 bits per heavy atom. The van der Waals surface area contributed by atoms with Crippen molar-refractivity contribution in [2.45, 2.75) is 66.7 Å². The van der Waals surface area contributed by atoms with E-state index in [9.17, 15) is 18.3 Å². The highest BCUT2D eigenvalue weighted by Crippen LogP contribution is 2.51. The molecule has 2 aromatic carbocycles. The maximum absolute atomic E-state index is 13.0. The summed E-state index contributed by atoms with van der Waals surface area (Å²) < 4.78 is 39.1. The molecule has 8 nitrogen and oxygen atoms in total. The highest BCUT2D eigenvalue weighted by atomic mass is 32.2. The van der Waals surface area contributed by atoms with Crippen LogP contribution in [-0.2, 0) is 26.1 Å². The molecule has 0 amide bonds. The van der Waals surface area contributed by atoms with E-state index in [-0.39, 0.29) is 6.54 Å². The van der Waals surface area contributed by atoms with Crippen LogP contribution in [-0.4, -0.2) is 36.3 Å². The number of hydrogen-bond acceptors (Lipinski definition) is 6. The van der Waals surface area contributed by atoms with Crippen molar-refractivity contribution in [1.82, 2.24) is 4.98 Å². The van der Waals surface area contributed by atoms with E-state index in [4.69, 9.17) is 9.15 Å². The van der Waals surface area contributed by atoms with Gasteiger partial charge in [-0.25, -0.2) is 18.2 Å². The van der Waals surface area contributed by atoms with Crippen LogP contribution in [0, 0.1) is 27.7 Å². The lowest BCUT2D eigenvalue weighted by atomic mass is 9.82. The molecule has 2 heterocycles. The second-order valence-corrected chi connectivity index (χ2v) is 12.3. The van der Waals surface area contributed by atoms with Crippen molar-refractivity contribution >= 4 is 21.7 Å². The summed E-state index contributed by atoms with van der Waals surface area (Å²) in [6.45, 7) is 12.7. The van der Waals surface area contributed by atoms with E-state index in [0.717, 1.165) is 17.4 Å². The predicted molar refractivity (Wildman–Crippen MR) is 139 cm³/mol. The normalized spacial score (nSPS) is 14.4. The fraction of sp³-hybridized carbons (Fsp3) is 0.407. The zero-order chi connectivity index (χ0) is 26.7. The average Bonchev–Trinajstić information content (AvgIpc) is 3.12. The Balaban J connectivity index is 2.20. The lowest BCUT2D eigenvalue weighted by Crippen LogP contribution is -2.34. The first-order chi connectivity index (χ1) is 16.6. The lowest BCUT2D eigenvalue weighted by Gasteiger charge is -2.35. The number of rotatable bonds is 5. The third-order valence-electron chi connectivity index (χ3n) is 6.29. The molecule has 1 aliphatic heterocycles. The Bertz CT molecular complexity index is 1460. The summed E-state index contributed by atoms with van der Waals surface area (Å²) in [5.41, 5.74) is 5.04. The number of nitrogens with zero attached hydrogens (tertiary/aromatic N) is 2. The largest absolute Gasteiger partial charge is 0.479 e. The third-order valence-corrected chi connectivity index (χ3v) is 7.40. The lowest BCUT2D eigenvalue weighted by molar-refractivity contribution is -0.160. The Morgan fingerprint density at radius 1 is 1.08 bits per heavy atom. The summed E-state index contributed by atoms with van der Waals surface area (Å²) >= 11 is 0. The molecule has 192 valence electrons. The minimum Gasteiger partial charge on any atom is -0.479 e. The molecule has 0 spiro atoms. The number of aliphatic carboxylic acids is 1. The topological polar surface area (TPSA) is 110 Å². The maximum Gasteiger partial charge on any atom is 0.337 e. The number of sulfonamides is 1. The molecule has 0 unspecified atom stereocenters. The Kier molecular flexibility index (Phi) is 6.29. The molecule has 1 aliphatic rings. The van der Waals surface area contributed by atoms with E-state index >= 15 is 0 Å². The molecule has 0 aliphatic carbocycles. The van der Waals surface area contributed by atoms with Crippen molar-refractivity contribution < 1.29 is 27.5 Å². The van der Waals surface area contributed by atoms with Crippen LogP contribution in [0.4, 0.5) is 5.69 Å². The van der Waals surface area contributed by atoms with Gasteiger partial charge in [-0.05, 0) is 63.8 Å². The van der Waals surface area contributed by atoms with Gasteiger partial charge < -0.3 is 14.3 Å². The van der Waals surface area contributed by atoms with E-state index in [1.807, 2.05) is 38.1 Å². The molecule has 0 fully saturated rings. The van der Waals surface area contributed by atoms with Crippen LogP contribution in [0.15, 0.2) is 28.7 Å². The first-order valence-electron chi connectivity index (χ1n) is 11.7. The Labute approximate surface area is 212 Å². The Morgan fingerprint density at radius 2 is 1.69 bits per heavy atom. The van der Waals surface area contributed by atoms with Gasteiger partial charge in [0.2, 0.25) is 10.0 Å². The smallest absolute Gasteiger partial charge is 0.337 e. The number of carboxylic acids is 1. The zero-order valence-corrected chi connectivity index (χ0v) is 22.7. The van der Waals surface area contributed by atoms with Gasteiger partial charge in [0, 0.05) is 18.1 Å². The van der Waals surface area contributed by atoms with Gasteiger partial charge in [0.05, 0.1) is 24.1 Å². The van der Waals surface area contributed by atoms with Crippen LogP contribution >= 0.6 is 0 Å². The molecule has 4 rings (SSSR count). The molecule has 0 radical (unpaired) electrons. The van der Waals surface area contributed by atoms with Crippen molar-refractivity contribution in [1.29, 1.82) is 0 Å². The maximum atomic E-state index is 13.0. The number of oxazole rings is 1. The standard InChI is InChI=1S/C27H32N2O6S/c1-14-9-11-18(12-10-14)20-15(2)22-23-19(34-17(4)28-23)13-29(36(8,32)33)24(22)16(3)21(20)25(26(30)31)35-27(5,6)7/h9-12,25H,13H2,1-8H3,(H,30,31)/t25-/m0/s1.